The number of nitrogens with zero attached hydrogens (tertiary/aromatic N) is 2. The molecular formula is C21H19ClN2O3. The van der Waals surface area contributed by atoms with Gasteiger partial charge in [-0.3, -0.25) is 9.59 Å². The van der Waals surface area contributed by atoms with Gasteiger partial charge in [0.2, 0.25) is 0 Å². The fourth-order valence-corrected chi connectivity index (χ4v) is 2.84. The minimum atomic E-state index is -0.470. The molecule has 0 spiro atoms. The van der Waals surface area contributed by atoms with Crippen LogP contribution in [0.2, 0.25) is 5.02 Å². The molecule has 0 saturated heterocycles. The monoisotopic (exact) mass is 382 g/mol. The Hall–Kier alpha value is -2.92. The highest BCUT2D eigenvalue weighted by Crippen LogP contribution is 2.28. The summed E-state index contributed by atoms with van der Waals surface area (Å²) in [5.41, 5.74) is 1.87. The number of ether oxygens (including phenoxy) is 1. The van der Waals surface area contributed by atoms with E-state index in [4.69, 9.17) is 16.3 Å². The number of carbonyl (C=O) groups is 2. The molecule has 2 amide bonds. The van der Waals surface area contributed by atoms with Gasteiger partial charge < -0.3 is 4.74 Å². The van der Waals surface area contributed by atoms with E-state index in [1.807, 2.05) is 6.92 Å². The average molecular weight is 383 g/mol. The first-order valence-electron chi connectivity index (χ1n) is 8.64. The molecule has 1 heterocycles. The smallest absolute Gasteiger partial charge is 0.283 e. The van der Waals surface area contributed by atoms with Crippen LogP contribution in [-0.4, -0.2) is 29.1 Å². The highest BCUT2D eigenvalue weighted by atomic mass is 35.5. The van der Waals surface area contributed by atoms with E-state index in [9.17, 15) is 9.59 Å². The van der Waals surface area contributed by atoms with E-state index in [0.717, 1.165) is 11.4 Å². The number of hydrogen-bond donors (Lipinski definition) is 0. The van der Waals surface area contributed by atoms with Crippen molar-refractivity contribution in [3.63, 3.8) is 0 Å². The maximum absolute atomic E-state index is 12.8. The Labute approximate surface area is 162 Å². The molecular weight excluding hydrogens is 364 g/mol. The van der Waals surface area contributed by atoms with Gasteiger partial charge in [-0.15, -0.1) is 0 Å². The molecule has 0 N–H and O–H groups in total. The Balaban J connectivity index is 1.93. The lowest BCUT2D eigenvalue weighted by Gasteiger charge is -2.11. The minimum Gasteiger partial charge on any atom is -0.493 e. The number of carbonyl (C=O) groups excluding carboxylic acids is 2. The number of rotatable bonds is 5. The number of imide groups is 1. The van der Waals surface area contributed by atoms with Crippen molar-refractivity contribution in [2.75, 3.05) is 6.61 Å². The standard InChI is InChI=1S/C21H19ClN2O3/c1-3-11-27-19-10-9-17(22)12-16(19)13-18-14(2)23-24(21(18)26)20(25)15-7-5-4-6-8-15/h4-10,12-13H,3,11H2,1-2H3/b18-13+. The van der Waals surface area contributed by atoms with Crippen LogP contribution in [-0.2, 0) is 4.79 Å². The second kappa shape index (κ2) is 8.18. The Morgan fingerprint density at radius 3 is 2.67 bits per heavy atom. The van der Waals surface area contributed by atoms with Gasteiger partial charge in [-0.1, -0.05) is 36.7 Å². The van der Waals surface area contributed by atoms with Crippen LogP contribution in [0.3, 0.4) is 0 Å². The van der Waals surface area contributed by atoms with Gasteiger partial charge in [0.15, 0.2) is 0 Å². The number of hydrazone groups is 1. The van der Waals surface area contributed by atoms with Crippen LogP contribution in [0.25, 0.3) is 6.08 Å². The second-order valence-electron chi connectivity index (χ2n) is 6.06. The molecule has 0 aliphatic carbocycles. The number of benzene rings is 2. The molecule has 138 valence electrons. The first kappa shape index (κ1) is 18.9. The normalized spacial score (nSPS) is 15.2. The minimum absolute atomic E-state index is 0.336. The summed E-state index contributed by atoms with van der Waals surface area (Å²) in [6.07, 6.45) is 2.52. The van der Waals surface area contributed by atoms with E-state index >= 15 is 0 Å². The van der Waals surface area contributed by atoms with Crippen molar-refractivity contribution in [3.8, 4) is 5.75 Å². The van der Waals surface area contributed by atoms with Gasteiger partial charge >= 0.3 is 0 Å². The van der Waals surface area contributed by atoms with E-state index in [-0.39, 0.29) is 0 Å². The maximum Gasteiger partial charge on any atom is 0.283 e. The molecule has 2 aromatic carbocycles. The Morgan fingerprint density at radius 2 is 1.96 bits per heavy atom. The molecule has 27 heavy (non-hydrogen) atoms. The summed E-state index contributed by atoms with van der Waals surface area (Å²) >= 11 is 6.10. The Kier molecular flexibility index (Phi) is 5.72. The zero-order valence-electron chi connectivity index (χ0n) is 15.1. The van der Waals surface area contributed by atoms with E-state index in [1.54, 1.807) is 61.5 Å². The van der Waals surface area contributed by atoms with Crippen molar-refractivity contribution in [2.24, 2.45) is 5.10 Å². The van der Waals surface area contributed by atoms with Crippen molar-refractivity contribution in [1.82, 2.24) is 5.01 Å². The molecule has 1 aliphatic rings. The molecule has 0 unspecified atom stereocenters. The fourth-order valence-electron chi connectivity index (χ4n) is 2.66. The molecule has 6 heteroatoms. The van der Waals surface area contributed by atoms with Crippen LogP contribution in [0.4, 0.5) is 0 Å². The number of hydrogen-bond acceptors (Lipinski definition) is 4. The Morgan fingerprint density at radius 1 is 1.22 bits per heavy atom. The van der Waals surface area contributed by atoms with Crippen molar-refractivity contribution < 1.29 is 14.3 Å². The van der Waals surface area contributed by atoms with Gasteiger partial charge in [-0.25, -0.2) is 0 Å². The quantitative estimate of drug-likeness (QED) is 0.562. The molecule has 5 nitrogen and oxygen atoms in total. The van der Waals surface area contributed by atoms with Gasteiger partial charge in [-0.2, -0.15) is 10.1 Å². The van der Waals surface area contributed by atoms with Crippen molar-refractivity contribution in [1.29, 1.82) is 0 Å². The van der Waals surface area contributed by atoms with Crippen LogP contribution < -0.4 is 4.74 Å². The SMILES string of the molecule is CCCOc1ccc(Cl)cc1/C=C1/C(=O)N(C(=O)c2ccccc2)N=C1C. The summed E-state index contributed by atoms with van der Waals surface area (Å²) in [6.45, 7) is 4.26. The average Bonchev–Trinajstić information content (AvgIpc) is 2.96. The zero-order valence-corrected chi connectivity index (χ0v) is 15.9. The lowest BCUT2D eigenvalue weighted by molar-refractivity contribution is -0.123. The van der Waals surface area contributed by atoms with Gasteiger partial charge in [-0.05, 0) is 49.8 Å². The third-order valence-corrected chi connectivity index (χ3v) is 4.24. The van der Waals surface area contributed by atoms with Gasteiger partial charge in [0, 0.05) is 16.1 Å². The molecule has 0 atom stereocenters. The van der Waals surface area contributed by atoms with Gasteiger partial charge in [0.05, 0.1) is 17.9 Å². The summed E-state index contributed by atoms with van der Waals surface area (Å²) in [7, 11) is 0. The summed E-state index contributed by atoms with van der Waals surface area (Å²) < 4.78 is 5.73. The summed E-state index contributed by atoms with van der Waals surface area (Å²) in [5.74, 6) is -0.304. The first-order valence-corrected chi connectivity index (χ1v) is 9.02. The Bertz CT molecular complexity index is 936. The highest BCUT2D eigenvalue weighted by molar-refractivity contribution is 6.32. The largest absolute Gasteiger partial charge is 0.493 e. The van der Waals surface area contributed by atoms with Gasteiger partial charge in [0.25, 0.3) is 11.8 Å². The molecule has 0 bridgehead atoms. The first-order chi connectivity index (χ1) is 13.0. The van der Waals surface area contributed by atoms with Crippen molar-refractivity contribution in [2.45, 2.75) is 20.3 Å². The van der Waals surface area contributed by atoms with Crippen molar-refractivity contribution >= 4 is 35.2 Å². The highest BCUT2D eigenvalue weighted by Gasteiger charge is 2.33. The van der Waals surface area contributed by atoms with Crippen molar-refractivity contribution in [3.05, 3.63) is 70.3 Å². The zero-order chi connectivity index (χ0) is 19.4. The fraction of sp³-hybridized carbons (Fsp3) is 0.190. The summed E-state index contributed by atoms with van der Waals surface area (Å²) in [4.78, 5) is 25.4. The maximum atomic E-state index is 12.8. The molecule has 1 aliphatic heterocycles. The second-order valence-corrected chi connectivity index (χ2v) is 6.50. The molecule has 0 aromatic heterocycles. The lowest BCUT2D eigenvalue weighted by Crippen LogP contribution is -2.29. The molecule has 0 fully saturated rings. The van der Waals surface area contributed by atoms with Crippen LogP contribution in [0.5, 0.6) is 5.75 Å². The predicted molar refractivity (Wildman–Crippen MR) is 106 cm³/mol. The molecule has 2 aromatic rings. The predicted octanol–water partition coefficient (Wildman–Crippen LogP) is 4.57. The summed E-state index contributed by atoms with van der Waals surface area (Å²) in [5, 5.41) is 5.57. The van der Waals surface area contributed by atoms with E-state index in [2.05, 4.69) is 5.10 Å². The lowest BCUT2D eigenvalue weighted by atomic mass is 10.1. The topological polar surface area (TPSA) is 59.0 Å². The van der Waals surface area contributed by atoms with E-state index < -0.39 is 11.8 Å². The third-order valence-electron chi connectivity index (χ3n) is 4.01. The number of amides is 2. The van der Waals surface area contributed by atoms with E-state index in [0.29, 0.717) is 39.8 Å². The molecule has 3 rings (SSSR count). The number of halogens is 1. The third kappa shape index (κ3) is 4.09. The van der Waals surface area contributed by atoms with E-state index in [1.165, 1.54) is 0 Å². The molecule has 0 saturated carbocycles. The van der Waals surface area contributed by atoms with Crippen LogP contribution in [0.1, 0.15) is 36.2 Å². The van der Waals surface area contributed by atoms with Crippen LogP contribution in [0.15, 0.2) is 59.2 Å². The van der Waals surface area contributed by atoms with Gasteiger partial charge in [0.1, 0.15) is 5.75 Å². The molecule has 0 radical (unpaired) electrons. The van der Waals surface area contributed by atoms with Crippen LogP contribution in [0, 0.1) is 0 Å². The summed E-state index contributed by atoms with van der Waals surface area (Å²) in [6, 6.07) is 13.8. The van der Waals surface area contributed by atoms with Crippen LogP contribution >= 0.6 is 11.6 Å².